The Balaban J connectivity index is 1.55. The zero-order valence-corrected chi connectivity index (χ0v) is 19.6. The van der Waals surface area contributed by atoms with Gasteiger partial charge in [-0.1, -0.05) is 6.07 Å². The number of H-pyrrole nitrogens is 1. The van der Waals surface area contributed by atoms with Crippen LogP contribution in [-0.4, -0.2) is 69.0 Å². The highest BCUT2D eigenvalue weighted by Crippen LogP contribution is 2.34. The Kier molecular flexibility index (Phi) is 6.84. The average molecular weight is 450 g/mol. The fourth-order valence-corrected chi connectivity index (χ4v) is 3.91. The number of methoxy groups -OCH3 is 1. The summed E-state index contributed by atoms with van der Waals surface area (Å²) in [5.74, 6) is 1.24. The fourth-order valence-electron chi connectivity index (χ4n) is 3.91. The topological polar surface area (TPSA) is 82.7 Å². The first-order valence-corrected chi connectivity index (χ1v) is 11.0. The standard InChI is InChI=1S/C25H31N5O3/c1-29(2)9-10-30(3)23-13-17(20-14-26-27-15-20)5-7-22(23)28-25(31)19-11-18-12-21(32-4)6-8-24(18)33-16-19/h5-8,12-15,19H,9-11,16H2,1-4H3,(H,26,27)(H,28,31)/t19-/m1/s1. The Hall–Kier alpha value is -3.52. The minimum atomic E-state index is -0.280. The minimum Gasteiger partial charge on any atom is -0.497 e. The Morgan fingerprint density at radius 3 is 2.76 bits per heavy atom. The zero-order valence-electron chi connectivity index (χ0n) is 19.6. The molecule has 0 bridgehead atoms. The highest BCUT2D eigenvalue weighted by atomic mass is 16.5. The van der Waals surface area contributed by atoms with Crippen LogP contribution in [0.3, 0.4) is 0 Å². The Labute approximate surface area is 194 Å². The van der Waals surface area contributed by atoms with Gasteiger partial charge < -0.3 is 24.6 Å². The van der Waals surface area contributed by atoms with Crippen LogP contribution in [0.1, 0.15) is 5.56 Å². The first-order valence-electron chi connectivity index (χ1n) is 11.0. The molecule has 174 valence electrons. The summed E-state index contributed by atoms with van der Waals surface area (Å²) in [5.41, 5.74) is 4.77. The van der Waals surface area contributed by atoms with Crippen molar-refractivity contribution in [2.24, 2.45) is 5.92 Å². The van der Waals surface area contributed by atoms with E-state index in [1.165, 1.54) is 0 Å². The number of amides is 1. The quantitative estimate of drug-likeness (QED) is 0.549. The third kappa shape index (κ3) is 5.28. The molecule has 1 atom stereocenters. The number of nitrogens with one attached hydrogen (secondary N) is 2. The molecule has 1 amide bonds. The van der Waals surface area contributed by atoms with Gasteiger partial charge in [-0.15, -0.1) is 0 Å². The minimum absolute atomic E-state index is 0.0539. The summed E-state index contributed by atoms with van der Waals surface area (Å²) >= 11 is 0. The van der Waals surface area contributed by atoms with Crippen LogP contribution >= 0.6 is 0 Å². The van der Waals surface area contributed by atoms with Crippen LogP contribution in [0.4, 0.5) is 11.4 Å². The summed E-state index contributed by atoms with van der Waals surface area (Å²) in [4.78, 5) is 17.5. The van der Waals surface area contributed by atoms with Gasteiger partial charge in [0.2, 0.25) is 5.91 Å². The first kappa shape index (κ1) is 22.7. The second kappa shape index (κ2) is 9.95. The number of rotatable bonds is 8. The van der Waals surface area contributed by atoms with Crippen LogP contribution in [0.5, 0.6) is 11.5 Å². The molecule has 0 saturated heterocycles. The molecule has 1 aromatic heterocycles. The van der Waals surface area contributed by atoms with E-state index >= 15 is 0 Å². The van der Waals surface area contributed by atoms with Gasteiger partial charge in [0.25, 0.3) is 0 Å². The van der Waals surface area contributed by atoms with Gasteiger partial charge in [0.1, 0.15) is 18.1 Å². The SMILES string of the molecule is COc1ccc2c(c1)C[C@@H](C(=O)Nc1ccc(-c3cn[nH]c3)cc1N(C)CCN(C)C)CO2. The summed E-state index contributed by atoms with van der Waals surface area (Å²) < 4.78 is 11.2. The molecule has 0 spiro atoms. The largest absolute Gasteiger partial charge is 0.497 e. The van der Waals surface area contributed by atoms with E-state index in [-0.39, 0.29) is 11.8 Å². The number of fused-ring (bicyclic) bond motifs is 1. The lowest BCUT2D eigenvalue weighted by Gasteiger charge is -2.27. The van der Waals surface area contributed by atoms with Crippen molar-refractivity contribution >= 4 is 17.3 Å². The number of carbonyl (C=O) groups excluding carboxylic acids is 1. The van der Waals surface area contributed by atoms with Crippen molar-refractivity contribution in [3.8, 4) is 22.6 Å². The van der Waals surface area contributed by atoms with Gasteiger partial charge in [0.15, 0.2) is 0 Å². The van der Waals surface area contributed by atoms with E-state index in [9.17, 15) is 4.79 Å². The number of carbonyl (C=O) groups is 1. The molecule has 0 fully saturated rings. The molecule has 0 saturated carbocycles. The van der Waals surface area contributed by atoms with E-state index < -0.39 is 0 Å². The number of ether oxygens (including phenoxy) is 2. The Morgan fingerprint density at radius 2 is 2.03 bits per heavy atom. The molecule has 0 aliphatic carbocycles. The number of aromatic nitrogens is 2. The number of aromatic amines is 1. The van der Waals surface area contributed by atoms with E-state index in [1.807, 2.05) is 57.7 Å². The van der Waals surface area contributed by atoms with Gasteiger partial charge >= 0.3 is 0 Å². The molecule has 8 heteroatoms. The molecule has 8 nitrogen and oxygen atoms in total. The van der Waals surface area contributed by atoms with Crippen LogP contribution in [-0.2, 0) is 11.2 Å². The van der Waals surface area contributed by atoms with Crippen LogP contribution in [0.2, 0.25) is 0 Å². The smallest absolute Gasteiger partial charge is 0.231 e. The summed E-state index contributed by atoms with van der Waals surface area (Å²) in [5, 5.41) is 10.1. The molecule has 0 radical (unpaired) electrons. The predicted octanol–water partition coefficient (Wildman–Crippen LogP) is 3.27. The lowest BCUT2D eigenvalue weighted by Crippen LogP contribution is -2.33. The number of anilines is 2. The lowest BCUT2D eigenvalue weighted by molar-refractivity contribution is -0.121. The zero-order chi connectivity index (χ0) is 23.4. The van der Waals surface area contributed by atoms with Gasteiger partial charge in [-0.2, -0.15) is 5.10 Å². The third-order valence-corrected chi connectivity index (χ3v) is 5.93. The van der Waals surface area contributed by atoms with Crippen molar-refractivity contribution < 1.29 is 14.3 Å². The van der Waals surface area contributed by atoms with Crippen molar-refractivity contribution in [3.63, 3.8) is 0 Å². The number of benzene rings is 2. The molecule has 0 unspecified atom stereocenters. The maximum Gasteiger partial charge on any atom is 0.231 e. The van der Waals surface area contributed by atoms with E-state index in [1.54, 1.807) is 13.3 Å². The van der Waals surface area contributed by atoms with Crippen molar-refractivity contribution in [2.75, 3.05) is 58.2 Å². The molecular weight excluding hydrogens is 418 g/mol. The first-order chi connectivity index (χ1) is 15.9. The second-order valence-corrected chi connectivity index (χ2v) is 8.62. The summed E-state index contributed by atoms with van der Waals surface area (Å²) in [7, 11) is 7.78. The Bertz CT molecular complexity index is 1100. The molecule has 2 aromatic carbocycles. The van der Waals surface area contributed by atoms with Crippen molar-refractivity contribution in [1.29, 1.82) is 0 Å². The van der Waals surface area contributed by atoms with Crippen LogP contribution in [0, 0.1) is 5.92 Å². The van der Waals surface area contributed by atoms with E-state index in [4.69, 9.17) is 9.47 Å². The van der Waals surface area contributed by atoms with Crippen molar-refractivity contribution in [1.82, 2.24) is 15.1 Å². The number of nitrogens with zero attached hydrogens (tertiary/aromatic N) is 3. The number of hydrogen-bond donors (Lipinski definition) is 2. The third-order valence-electron chi connectivity index (χ3n) is 5.93. The molecule has 2 N–H and O–H groups in total. The predicted molar refractivity (Wildman–Crippen MR) is 130 cm³/mol. The van der Waals surface area contributed by atoms with Crippen LogP contribution < -0.4 is 19.7 Å². The number of hydrogen-bond acceptors (Lipinski definition) is 6. The highest BCUT2D eigenvalue weighted by Gasteiger charge is 2.27. The van der Waals surface area contributed by atoms with Crippen molar-refractivity contribution in [2.45, 2.75) is 6.42 Å². The second-order valence-electron chi connectivity index (χ2n) is 8.62. The van der Waals surface area contributed by atoms with E-state index in [0.29, 0.717) is 13.0 Å². The molecule has 2 heterocycles. The molecular formula is C25H31N5O3. The average Bonchev–Trinajstić information content (AvgIpc) is 3.37. The van der Waals surface area contributed by atoms with E-state index in [2.05, 4.69) is 31.4 Å². The molecule has 1 aliphatic heterocycles. The fraction of sp³-hybridized carbons (Fsp3) is 0.360. The highest BCUT2D eigenvalue weighted by molar-refractivity contribution is 5.97. The Morgan fingerprint density at radius 1 is 1.18 bits per heavy atom. The maximum atomic E-state index is 13.2. The van der Waals surface area contributed by atoms with Gasteiger partial charge in [0.05, 0.1) is 30.6 Å². The van der Waals surface area contributed by atoms with Gasteiger partial charge in [-0.25, -0.2) is 0 Å². The molecule has 3 aromatic rings. The molecule has 1 aliphatic rings. The maximum absolute atomic E-state index is 13.2. The van der Waals surface area contributed by atoms with Gasteiger partial charge in [-0.3, -0.25) is 9.89 Å². The number of likely N-dealkylation sites (N-methyl/N-ethyl adjacent to an activating group) is 2. The summed E-state index contributed by atoms with van der Waals surface area (Å²) in [6.45, 7) is 2.07. The van der Waals surface area contributed by atoms with Gasteiger partial charge in [0, 0.05) is 31.9 Å². The van der Waals surface area contributed by atoms with Crippen molar-refractivity contribution in [3.05, 3.63) is 54.4 Å². The van der Waals surface area contributed by atoms with E-state index in [0.717, 1.165) is 52.7 Å². The lowest BCUT2D eigenvalue weighted by atomic mass is 9.95. The summed E-state index contributed by atoms with van der Waals surface area (Å²) in [6, 6.07) is 11.8. The monoisotopic (exact) mass is 449 g/mol. The normalized spacial score (nSPS) is 15.0. The molecule has 33 heavy (non-hydrogen) atoms. The van der Waals surface area contributed by atoms with Crippen LogP contribution in [0.15, 0.2) is 48.8 Å². The summed E-state index contributed by atoms with van der Waals surface area (Å²) in [6.07, 6.45) is 4.27. The van der Waals surface area contributed by atoms with Gasteiger partial charge in [-0.05, 0) is 62.0 Å². The molecule has 4 rings (SSSR count). The van der Waals surface area contributed by atoms with Crippen LogP contribution in [0.25, 0.3) is 11.1 Å².